The first-order chi connectivity index (χ1) is 7.90. The lowest BCUT2D eigenvalue weighted by Crippen LogP contribution is -2.39. The molecule has 1 saturated heterocycles. The van der Waals surface area contributed by atoms with Crippen molar-refractivity contribution in [2.45, 2.75) is 18.9 Å². The van der Waals surface area contributed by atoms with Gasteiger partial charge in [-0.05, 0) is 25.8 Å². The second-order valence-electron chi connectivity index (χ2n) is 4.92. The molecule has 94 valence electrons. The lowest BCUT2D eigenvalue weighted by atomic mass is 10.0. The van der Waals surface area contributed by atoms with Crippen LogP contribution in [0, 0.1) is 11.8 Å². The van der Waals surface area contributed by atoms with E-state index in [9.17, 15) is 0 Å². The van der Waals surface area contributed by atoms with Gasteiger partial charge < -0.3 is 20.1 Å². The summed E-state index contributed by atoms with van der Waals surface area (Å²) in [7, 11) is 2.01. The fourth-order valence-electron chi connectivity index (χ4n) is 2.09. The van der Waals surface area contributed by atoms with Gasteiger partial charge in [-0.1, -0.05) is 0 Å². The third-order valence-corrected chi connectivity index (χ3v) is 3.45. The molecule has 0 aromatic heterocycles. The third-order valence-electron chi connectivity index (χ3n) is 3.45. The first-order valence-electron chi connectivity index (χ1n) is 6.43. The molecule has 1 aliphatic carbocycles. The first-order valence-corrected chi connectivity index (χ1v) is 6.43. The molecule has 2 N–H and O–H groups in total. The molecule has 1 aliphatic heterocycles. The van der Waals surface area contributed by atoms with Crippen LogP contribution in [0.25, 0.3) is 0 Å². The van der Waals surface area contributed by atoms with Crippen LogP contribution in [0.5, 0.6) is 0 Å². The van der Waals surface area contributed by atoms with Gasteiger partial charge in [-0.25, -0.2) is 0 Å². The van der Waals surface area contributed by atoms with Crippen LogP contribution in [0.2, 0.25) is 0 Å². The Balaban J connectivity index is 1.44. The van der Waals surface area contributed by atoms with Crippen molar-refractivity contribution < 1.29 is 9.47 Å². The van der Waals surface area contributed by atoms with Crippen molar-refractivity contribution in [2.75, 3.05) is 46.6 Å². The van der Waals surface area contributed by atoms with E-state index in [4.69, 9.17) is 9.47 Å². The maximum absolute atomic E-state index is 5.57. The van der Waals surface area contributed by atoms with Crippen molar-refractivity contribution >= 4 is 0 Å². The standard InChI is InChI=1S/C12H24N2O2/c1-13-12-9-16-8-11(12)6-14-4-5-15-7-10-2-3-10/h10-14H,2-9H2,1H3. The molecule has 2 fully saturated rings. The van der Waals surface area contributed by atoms with Crippen molar-refractivity contribution in [1.82, 2.24) is 10.6 Å². The Bertz CT molecular complexity index is 197. The molecule has 0 radical (unpaired) electrons. The average Bonchev–Trinajstić information content (AvgIpc) is 3.01. The molecule has 0 bridgehead atoms. The SMILES string of the molecule is CNC1COCC1CNCCOCC1CC1. The van der Waals surface area contributed by atoms with Crippen molar-refractivity contribution in [3.63, 3.8) is 0 Å². The summed E-state index contributed by atoms with van der Waals surface area (Å²) in [4.78, 5) is 0. The minimum Gasteiger partial charge on any atom is -0.380 e. The summed E-state index contributed by atoms with van der Waals surface area (Å²) in [6.07, 6.45) is 2.74. The zero-order valence-electron chi connectivity index (χ0n) is 10.2. The molecule has 2 aliphatic rings. The van der Waals surface area contributed by atoms with Crippen LogP contribution in [0.1, 0.15) is 12.8 Å². The van der Waals surface area contributed by atoms with Gasteiger partial charge in [0.15, 0.2) is 0 Å². The van der Waals surface area contributed by atoms with Gasteiger partial charge in [-0.2, -0.15) is 0 Å². The number of likely N-dealkylation sites (N-methyl/N-ethyl adjacent to an activating group) is 1. The van der Waals surface area contributed by atoms with Gasteiger partial charge in [0.2, 0.25) is 0 Å². The summed E-state index contributed by atoms with van der Waals surface area (Å²) in [5.41, 5.74) is 0. The van der Waals surface area contributed by atoms with Gasteiger partial charge in [0, 0.05) is 31.7 Å². The molecule has 0 aromatic rings. The molecule has 1 heterocycles. The Morgan fingerprint density at radius 1 is 1.31 bits per heavy atom. The highest BCUT2D eigenvalue weighted by Gasteiger charge is 2.26. The number of ether oxygens (including phenoxy) is 2. The van der Waals surface area contributed by atoms with E-state index in [1.807, 2.05) is 7.05 Å². The fourth-order valence-corrected chi connectivity index (χ4v) is 2.09. The van der Waals surface area contributed by atoms with Gasteiger partial charge in [0.1, 0.15) is 0 Å². The van der Waals surface area contributed by atoms with Crippen LogP contribution in [-0.4, -0.2) is 52.6 Å². The largest absolute Gasteiger partial charge is 0.380 e. The van der Waals surface area contributed by atoms with E-state index in [0.29, 0.717) is 12.0 Å². The number of rotatable bonds is 8. The highest BCUT2D eigenvalue weighted by Crippen LogP contribution is 2.28. The molecule has 2 unspecified atom stereocenters. The Morgan fingerprint density at radius 2 is 2.19 bits per heavy atom. The molecule has 0 aromatic carbocycles. The van der Waals surface area contributed by atoms with Crippen LogP contribution in [0.4, 0.5) is 0 Å². The molecule has 1 saturated carbocycles. The minimum absolute atomic E-state index is 0.514. The number of hydrogen-bond donors (Lipinski definition) is 2. The van der Waals surface area contributed by atoms with Crippen LogP contribution in [-0.2, 0) is 9.47 Å². The molecule has 2 atom stereocenters. The maximum atomic E-state index is 5.57. The zero-order chi connectivity index (χ0) is 11.2. The van der Waals surface area contributed by atoms with Crippen LogP contribution in [0.15, 0.2) is 0 Å². The Kier molecular flexibility index (Phi) is 5.03. The van der Waals surface area contributed by atoms with E-state index < -0.39 is 0 Å². The number of hydrogen-bond acceptors (Lipinski definition) is 4. The van der Waals surface area contributed by atoms with E-state index in [2.05, 4.69) is 10.6 Å². The van der Waals surface area contributed by atoms with E-state index in [-0.39, 0.29) is 0 Å². The molecule has 0 spiro atoms. The fraction of sp³-hybridized carbons (Fsp3) is 1.00. The topological polar surface area (TPSA) is 42.5 Å². The second-order valence-corrected chi connectivity index (χ2v) is 4.92. The summed E-state index contributed by atoms with van der Waals surface area (Å²) < 4.78 is 11.0. The highest BCUT2D eigenvalue weighted by atomic mass is 16.5. The quantitative estimate of drug-likeness (QED) is 0.584. The maximum Gasteiger partial charge on any atom is 0.0623 e. The smallest absolute Gasteiger partial charge is 0.0623 e. The van der Waals surface area contributed by atoms with Crippen molar-refractivity contribution in [3.05, 3.63) is 0 Å². The van der Waals surface area contributed by atoms with Crippen LogP contribution >= 0.6 is 0 Å². The zero-order valence-corrected chi connectivity index (χ0v) is 10.2. The molecule has 4 heteroatoms. The molecule has 16 heavy (non-hydrogen) atoms. The summed E-state index contributed by atoms with van der Waals surface area (Å²) >= 11 is 0. The van der Waals surface area contributed by atoms with E-state index in [1.54, 1.807) is 0 Å². The van der Waals surface area contributed by atoms with E-state index in [0.717, 1.165) is 45.4 Å². The van der Waals surface area contributed by atoms with Crippen molar-refractivity contribution in [1.29, 1.82) is 0 Å². The molecular formula is C12H24N2O2. The molecule has 2 rings (SSSR count). The summed E-state index contributed by atoms with van der Waals surface area (Å²) in [6.45, 7) is 5.52. The lowest BCUT2D eigenvalue weighted by molar-refractivity contribution is 0.125. The van der Waals surface area contributed by atoms with Crippen molar-refractivity contribution in [3.8, 4) is 0 Å². The van der Waals surface area contributed by atoms with E-state index >= 15 is 0 Å². The van der Waals surface area contributed by atoms with Crippen molar-refractivity contribution in [2.24, 2.45) is 11.8 Å². The molecule has 4 nitrogen and oxygen atoms in total. The predicted octanol–water partition coefficient (Wildman–Crippen LogP) is 0.237. The monoisotopic (exact) mass is 228 g/mol. The molecule has 0 amide bonds. The van der Waals surface area contributed by atoms with Crippen LogP contribution < -0.4 is 10.6 Å². The Morgan fingerprint density at radius 3 is 2.94 bits per heavy atom. The van der Waals surface area contributed by atoms with Gasteiger partial charge in [-0.15, -0.1) is 0 Å². The first kappa shape index (κ1) is 12.3. The summed E-state index contributed by atoms with van der Waals surface area (Å²) in [6, 6.07) is 0.514. The Hall–Kier alpha value is -0.160. The normalized spacial score (nSPS) is 29.8. The Labute approximate surface area is 98.1 Å². The van der Waals surface area contributed by atoms with Crippen LogP contribution in [0.3, 0.4) is 0 Å². The summed E-state index contributed by atoms with van der Waals surface area (Å²) in [5, 5.41) is 6.73. The number of nitrogens with one attached hydrogen (secondary N) is 2. The van der Waals surface area contributed by atoms with Gasteiger partial charge in [0.05, 0.1) is 19.8 Å². The average molecular weight is 228 g/mol. The third kappa shape index (κ3) is 4.01. The predicted molar refractivity (Wildman–Crippen MR) is 63.6 cm³/mol. The second kappa shape index (κ2) is 6.55. The van der Waals surface area contributed by atoms with Gasteiger partial charge in [-0.3, -0.25) is 0 Å². The lowest BCUT2D eigenvalue weighted by Gasteiger charge is -2.17. The summed E-state index contributed by atoms with van der Waals surface area (Å²) in [5.74, 6) is 1.48. The highest BCUT2D eigenvalue weighted by molar-refractivity contribution is 4.81. The van der Waals surface area contributed by atoms with Gasteiger partial charge in [0.25, 0.3) is 0 Å². The van der Waals surface area contributed by atoms with E-state index in [1.165, 1.54) is 12.8 Å². The minimum atomic E-state index is 0.514. The van der Waals surface area contributed by atoms with Gasteiger partial charge >= 0.3 is 0 Å². The molecular weight excluding hydrogens is 204 g/mol.